The van der Waals surface area contributed by atoms with Gasteiger partial charge in [-0.25, -0.2) is 69.8 Å². The molecule has 0 aliphatic carbocycles. The van der Waals surface area contributed by atoms with Crippen LogP contribution in [0.2, 0.25) is 0 Å². The summed E-state index contributed by atoms with van der Waals surface area (Å²) in [5, 5.41) is 0. The quantitative estimate of drug-likeness (QED) is 0.130. The number of aryl methyl sites for hydroxylation is 9. The third-order valence-electron chi connectivity index (χ3n) is 16.0. The molecule has 18 rings (SSSR count). The minimum absolute atomic E-state index is 0.619. The first-order valence-corrected chi connectivity index (χ1v) is 36.8. The molecule has 2 aromatic carbocycles. The molecule has 0 spiro atoms. The van der Waals surface area contributed by atoms with E-state index in [4.69, 9.17) is 0 Å². The molecule has 0 fully saturated rings. The van der Waals surface area contributed by atoms with E-state index in [-0.39, 0.29) is 0 Å². The average molecular weight is 1540 g/mol. The summed E-state index contributed by atoms with van der Waals surface area (Å²) in [6.45, 7) is 17.2. The highest BCUT2D eigenvalue weighted by Gasteiger charge is 2.06. The van der Waals surface area contributed by atoms with Crippen molar-refractivity contribution in [3.05, 3.63) is 395 Å². The van der Waals surface area contributed by atoms with Gasteiger partial charge in [0.2, 0.25) is 0 Å². The van der Waals surface area contributed by atoms with E-state index in [0.29, 0.717) is 29.1 Å². The van der Waals surface area contributed by atoms with Crippen LogP contribution in [0.3, 0.4) is 0 Å². The fourth-order valence-corrected chi connectivity index (χ4v) is 10.0. The largest absolute Gasteiger partial charge is 0.265 e. The van der Waals surface area contributed by atoms with Crippen molar-refractivity contribution in [2.75, 3.05) is 0 Å². The number of hydrogen-bond acceptors (Lipinski definition) is 25. The van der Waals surface area contributed by atoms with Crippen molar-refractivity contribution >= 4 is 0 Å². The Morgan fingerprint density at radius 1 is 0.154 bits per heavy atom. The SMILES string of the molecule is Cc1ccc(-c2ccccc2)cn1.Cc1ccc(-c2ccccn2)cn1.Cc1ccc(-c2cccnc2)cn1.Cc1ccc(-c2ccncc2)cn1.Cc1nccc(-c2ccncc2)n1.Cc1ncnc(-c2ccccc2)n1.Cc1ncnc(-c2ccccn2)n1.Cc1ncnc(-c2cccnc2)n1.Cc1ncnc(-c2ccncc2)n1. The topological polar surface area (TPSA) is 322 Å². The highest BCUT2D eigenvalue weighted by atomic mass is 15.0. The second kappa shape index (κ2) is 46.1. The monoisotopic (exact) mass is 1540 g/mol. The Morgan fingerprint density at radius 2 is 0.487 bits per heavy atom. The number of nitrogens with zero attached hydrogens (tertiary/aromatic N) is 25. The van der Waals surface area contributed by atoms with Crippen LogP contribution in [-0.4, -0.2) is 125 Å². The van der Waals surface area contributed by atoms with Crippen LogP contribution >= 0.6 is 0 Å². The van der Waals surface area contributed by atoms with Crippen LogP contribution in [0, 0.1) is 62.3 Å². The van der Waals surface area contributed by atoms with E-state index in [1.54, 1.807) is 74.4 Å². The van der Waals surface area contributed by atoms with Crippen LogP contribution in [0.1, 0.15) is 51.9 Å². The Balaban J connectivity index is 0.000000139. The zero-order valence-electron chi connectivity index (χ0n) is 66.0. The maximum Gasteiger partial charge on any atom is 0.181 e. The molecule has 25 heteroatoms. The maximum absolute atomic E-state index is 4.30. The van der Waals surface area contributed by atoms with E-state index in [2.05, 4.69) is 155 Å². The number of pyridine rings is 11. The standard InChI is InChI=1S/C12H11N.3C11H10N2.2C10H9N3.3C9H8N4/c1-10-7-8-12(9-13-10)11-5-3-2-4-6-11;1-9-2-3-11(8-13-9)10-4-6-12-7-5-10;1-9-4-5-11(8-13-9)10-3-2-6-12-7-10;1-9-5-6-10(8-13-9)11-4-2-3-7-12-11;1-8-12-7-4-10(13-8)9-2-5-11-6-3-9;1-8-11-7-12-10(13-8)9-5-3-2-4-6-9;1-7-11-6-12-9(13-7)8-2-4-10-5-3-8;1-7-11-6-12-9(13-7)8-3-2-4-10-5-8;1-7-11-6-12-9(13-7)8-4-2-3-5-10-8/h2-9H,1H3;3*2-8H,1H3;2*2-7H,1H3;3*2-6H,1H3. The zero-order chi connectivity index (χ0) is 81.9. The van der Waals surface area contributed by atoms with E-state index < -0.39 is 0 Å². The van der Waals surface area contributed by atoms with Crippen LogP contribution < -0.4 is 0 Å². The van der Waals surface area contributed by atoms with Gasteiger partial charge in [-0.2, -0.15) is 0 Å². The summed E-state index contributed by atoms with van der Waals surface area (Å²) in [4.78, 5) is 102. The summed E-state index contributed by atoms with van der Waals surface area (Å²) >= 11 is 0. The molecule has 0 amide bonds. The van der Waals surface area contributed by atoms with Crippen molar-refractivity contribution < 1.29 is 0 Å². The summed E-state index contributed by atoms with van der Waals surface area (Å²) in [5.41, 5.74) is 18.8. The second-order valence-corrected chi connectivity index (χ2v) is 25.0. The lowest BCUT2D eigenvalue weighted by Gasteiger charge is -2.00. The van der Waals surface area contributed by atoms with Crippen molar-refractivity contribution in [1.82, 2.24) is 125 Å². The number of benzene rings is 2. The molecule has 0 saturated carbocycles. The lowest BCUT2D eigenvalue weighted by Crippen LogP contribution is -1.95. The van der Waals surface area contributed by atoms with E-state index in [1.807, 2.05) is 275 Å². The Kier molecular flexibility index (Phi) is 33.0. The van der Waals surface area contributed by atoms with Gasteiger partial charge in [-0.15, -0.1) is 0 Å². The predicted molar refractivity (Wildman–Crippen MR) is 454 cm³/mol. The highest BCUT2D eigenvalue weighted by Crippen LogP contribution is 2.22. The summed E-state index contributed by atoms with van der Waals surface area (Å²) < 4.78 is 0. The van der Waals surface area contributed by atoms with Gasteiger partial charge in [-0.1, -0.05) is 97.1 Å². The van der Waals surface area contributed by atoms with Crippen molar-refractivity contribution in [2.45, 2.75) is 62.3 Å². The van der Waals surface area contributed by atoms with Crippen LogP contribution in [0.25, 0.3) is 102 Å². The Labute approximate surface area is 679 Å². The molecular formula is C92H83N25. The fraction of sp³-hybridized carbons (Fsp3) is 0.0978. The number of hydrogen-bond donors (Lipinski definition) is 0. The van der Waals surface area contributed by atoms with Gasteiger partial charge in [-0.3, -0.25) is 54.8 Å². The van der Waals surface area contributed by atoms with Gasteiger partial charge in [0.15, 0.2) is 23.3 Å². The molecule has 0 unspecified atom stereocenters. The Hall–Kier alpha value is -15.8. The van der Waals surface area contributed by atoms with E-state index in [1.165, 1.54) is 36.4 Å². The maximum atomic E-state index is 4.30. The molecule has 0 bridgehead atoms. The summed E-state index contributed by atoms with van der Waals surface area (Å²) in [6.07, 6.45) is 36.4. The van der Waals surface area contributed by atoms with Crippen LogP contribution in [0.15, 0.2) is 343 Å². The highest BCUT2D eigenvalue weighted by molar-refractivity contribution is 5.64. The van der Waals surface area contributed by atoms with E-state index in [0.717, 1.165) is 113 Å². The lowest BCUT2D eigenvalue weighted by atomic mass is 10.1. The molecule has 576 valence electrons. The second-order valence-electron chi connectivity index (χ2n) is 25.0. The lowest BCUT2D eigenvalue weighted by molar-refractivity contribution is 0.974. The number of rotatable bonds is 9. The molecule has 0 aliphatic rings. The normalized spacial score (nSPS) is 9.92. The van der Waals surface area contributed by atoms with Crippen molar-refractivity contribution in [3.63, 3.8) is 0 Å². The molecule has 16 aromatic heterocycles. The molecule has 25 nitrogen and oxygen atoms in total. The van der Waals surface area contributed by atoms with Crippen molar-refractivity contribution in [1.29, 1.82) is 0 Å². The van der Waals surface area contributed by atoms with Crippen molar-refractivity contribution in [3.8, 4) is 102 Å². The smallest absolute Gasteiger partial charge is 0.181 e. The van der Waals surface area contributed by atoms with Crippen LogP contribution in [-0.2, 0) is 0 Å². The van der Waals surface area contributed by atoms with Gasteiger partial charge >= 0.3 is 0 Å². The summed E-state index contributed by atoms with van der Waals surface area (Å²) in [6, 6.07) is 69.1. The first-order chi connectivity index (χ1) is 57.2. The molecule has 0 atom stereocenters. The molecule has 0 radical (unpaired) electrons. The molecule has 117 heavy (non-hydrogen) atoms. The molecule has 0 saturated heterocycles. The molecule has 16 heterocycles. The third kappa shape index (κ3) is 29.1. The Bertz CT molecular complexity index is 5030. The van der Waals surface area contributed by atoms with Gasteiger partial charge in [0.25, 0.3) is 0 Å². The van der Waals surface area contributed by atoms with Crippen molar-refractivity contribution in [2.24, 2.45) is 0 Å². The minimum Gasteiger partial charge on any atom is -0.265 e. The average Bonchev–Trinajstić information content (AvgIpc) is 0.499. The first-order valence-electron chi connectivity index (χ1n) is 36.8. The van der Waals surface area contributed by atoms with Gasteiger partial charge in [0.1, 0.15) is 60.1 Å². The van der Waals surface area contributed by atoms with Crippen LogP contribution in [0.5, 0.6) is 0 Å². The van der Waals surface area contributed by atoms with Crippen LogP contribution in [0.4, 0.5) is 0 Å². The molecule has 0 N–H and O–H groups in total. The van der Waals surface area contributed by atoms with Gasteiger partial charge in [-0.05, 0) is 189 Å². The summed E-state index contributed by atoms with van der Waals surface area (Å²) in [7, 11) is 0. The predicted octanol–water partition coefficient (Wildman–Crippen LogP) is 17.8. The van der Waals surface area contributed by atoms with Gasteiger partial charge in [0.05, 0.1) is 11.4 Å². The minimum atomic E-state index is 0.619. The van der Waals surface area contributed by atoms with E-state index >= 15 is 0 Å². The van der Waals surface area contributed by atoms with E-state index in [9.17, 15) is 0 Å². The Morgan fingerprint density at radius 3 is 0.889 bits per heavy atom. The third-order valence-corrected chi connectivity index (χ3v) is 16.0. The fourth-order valence-electron chi connectivity index (χ4n) is 10.0. The first kappa shape index (κ1) is 83.7. The molecule has 18 aromatic rings. The zero-order valence-corrected chi connectivity index (χ0v) is 66.0. The van der Waals surface area contributed by atoms with Gasteiger partial charge < -0.3 is 0 Å². The molecular weight excluding hydrogens is 1460 g/mol. The molecule has 0 aliphatic heterocycles. The number of aromatic nitrogens is 25. The summed E-state index contributed by atoms with van der Waals surface area (Å²) in [5.74, 6) is 6.38. The van der Waals surface area contributed by atoms with Gasteiger partial charge in [0, 0.05) is 178 Å².